The lowest BCUT2D eigenvalue weighted by molar-refractivity contribution is 0.351. The highest BCUT2D eigenvalue weighted by molar-refractivity contribution is 4.93. The van der Waals surface area contributed by atoms with Crippen LogP contribution >= 0.6 is 0 Å². The van der Waals surface area contributed by atoms with E-state index in [2.05, 4.69) is 24.0 Å². The van der Waals surface area contributed by atoms with Crippen LogP contribution < -0.4 is 5.73 Å². The number of rotatable bonds is 4. The third-order valence-corrected chi connectivity index (χ3v) is 2.50. The predicted molar refractivity (Wildman–Crippen MR) is 53.0 cm³/mol. The van der Waals surface area contributed by atoms with Crippen molar-refractivity contribution in [1.82, 2.24) is 4.90 Å². The van der Waals surface area contributed by atoms with E-state index in [0.717, 1.165) is 18.9 Å². The van der Waals surface area contributed by atoms with Gasteiger partial charge in [0.05, 0.1) is 0 Å². The van der Waals surface area contributed by atoms with Crippen molar-refractivity contribution in [1.29, 1.82) is 0 Å². The molecular formula is C10H20N2. The van der Waals surface area contributed by atoms with Crippen LogP contribution in [0.5, 0.6) is 0 Å². The van der Waals surface area contributed by atoms with E-state index in [-0.39, 0.29) is 0 Å². The summed E-state index contributed by atoms with van der Waals surface area (Å²) in [6.07, 6.45) is 6.92. The Morgan fingerprint density at radius 3 is 3.00 bits per heavy atom. The highest BCUT2D eigenvalue weighted by atomic mass is 15.1. The van der Waals surface area contributed by atoms with Crippen molar-refractivity contribution in [2.75, 3.05) is 26.2 Å². The van der Waals surface area contributed by atoms with E-state index in [4.69, 9.17) is 5.73 Å². The van der Waals surface area contributed by atoms with E-state index in [0.29, 0.717) is 0 Å². The van der Waals surface area contributed by atoms with Crippen LogP contribution in [0, 0.1) is 5.92 Å². The summed E-state index contributed by atoms with van der Waals surface area (Å²) >= 11 is 0. The van der Waals surface area contributed by atoms with Crippen molar-refractivity contribution in [2.24, 2.45) is 11.7 Å². The molecule has 0 aromatic heterocycles. The van der Waals surface area contributed by atoms with Gasteiger partial charge in [-0.25, -0.2) is 0 Å². The van der Waals surface area contributed by atoms with Crippen LogP contribution in [0.2, 0.25) is 0 Å². The SMILES string of the molecule is CCN1CCC(/C=C\CCN)C1. The molecule has 1 rings (SSSR count). The van der Waals surface area contributed by atoms with Gasteiger partial charge >= 0.3 is 0 Å². The quantitative estimate of drug-likeness (QED) is 0.640. The summed E-state index contributed by atoms with van der Waals surface area (Å²) < 4.78 is 0. The lowest BCUT2D eigenvalue weighted by Gasteiger charge is -2.10. The summed E-state index contributed by atoms with van der Waals surface area (Å²) in [5.41, 5.74) is 5.41. The van der Waals surface area contributed by atoms with Gasteiger partial charge < -0.3 is 10.6 Å². The van der Waals surface area contributed by atoms with Crippen LogP contribution in [0.1, 0.15) is 19.8 Å². The van der Waals surface area contributed by atoms with Gasteiger partial charge in [0, 0.05) is 6.54 Å². The van der Waals surface area contributed by atoms with Crippen LogP contribution in [-0.2, 0) is 0 Å². The molecule has 0 spiro atoms. The molecular weight excluding hydrogens is 148 g/mol. The lowest BCUT2D eigenvalue weighted by atomic mass is 10.1. The van der Waals surface area contributed by atoms with Crippen LogP contribution in [0.4, 0.5) is 0 Å². The van der Waals surface area contributed by atoms with Gasteiger partial charge in [-0.05, 0) is 38.4 Å². The highest BCUT2D eigenvalue weighted by Gasteiger charge is 2.17. The summed E-state index contributed by atoms with van der Waals surface area (Å²) in [5, 5.41) is 0. The molecule has 0 aromatic carbocycles. The molecule has 1 heterocycles. The molecule has 1 aliphatic heterocycles. The molecule has 0 amide bonds. The molecule has 1 saturated heterocycles. The minimum absolute atomic E-state index is 0.778. The van der Waals surface area contributed by atoms with E-state index >= 15 is 0 Å². The summed E-state index contributed by atoms with van der Waals surface area (Å²) in [7, 11) is 0. The van der Waals surface area contributed by atoms with Gasteiger partial charge in [0.1, 0.15) is 0 Å². The first-order chi connectivity index (χ1) is 5.86. The Balaban J connectivity index is 2.18. The fourth-order valence-corrected chi connectivity index (χ4v) is 1.69. The predicted octanol–water partition coefficient (Wildman–Crippen LogP) is 1.23. The summed E-state index contributed by atoms with van der Waals surface area (Å²) in [6.45, 7) is 6.72. The fourth-order valence-electron chi connectivity index (χ4n) is 1.69. The van der Waals surface area contributed by atoms with Gasteiger partial charge in [0.2, 0.25) is 0 Å². The second-order valence-electron chi connectivity index (χ2n) is 3.45. The molecule has 2 nitrogen and oxygen atoms in total. The van der Waals surface area contributed by atoms with E-state index in [1.807, 2.05) is 0 Å². The molecule has 2 heteroatoms. The van der Waals surface area contributed by atoms with Crippen molar-refractivity contribution < 1.29 is 0 Å². The minimum atomic E-state index is 0.778. The number of nitrogens with zero attached hydrogens (tertiary/aromatic N) is 1. The second kappa shape index (κ2) is 5.33. The number of nitrogens with two attached hydrogens (primary N) is 1. The van der Waals surface area contributed by atoms with Gasteiger partial charge in [0.25, 0.3) is 0 Å². The van der Waals surface area contributed by atoms with Crippen LogP contribution in [-0.4, -0.2) is 31.1 Å². The topological polar surface area (TPSA) is 29.3 Å². The average Bonchev–Trinajstić information content (AvgIpc) is 2.53. The van der Waals surface area contributed by atoms with Crippen LogP contribution in [0.3, 0.4) is 0 Å². The molecule has 0 aliphatic carbocycles. The van der Waals surface area contributed by atoms with Crippen molar-refractivity contribution >= 4 is 0 Å². The number of hydrogen-bond donors (Lipinski definition) is 1. The maximum absolute atomic E-state index is 5.41. The highest BCUT2D eigenvalue weighted by Crippen LogP contribution is 2.16. The molecule has 0 bridgehead atoms. The zero-order valence-electron chi connectivity index (χ0n) is 8.00. The molecule has 12 heavy (non-hydrogen) atoms. The first-order valence-electron chi connectivity index (χ1n) is 4.96. The van der Waals surface area contributed by atoms with E-state index in [1.54, 1.807) is 0 Å². The molecule has 1 aliphatic rings. The molecule has 0 saturated carbocycles. The monoisotopic (exact) mass is 168 g/mol. The Hall–Kier alpha value is -0.340. The largest absolute Gasteiger partial charge is 0.330 e. The number of likely N-dealkylation sites (tertiary alicyclic amines) is 1. The summed E-state index contributed by atoms with van der Waals surface area (Å²) in [4.78, 5) is 2.50. The Bertz CT molecular complexity index is 143. The average molecular weight is 168 g/mol. The van der Waals surface area contributed by atoms with E-state index < -0.39 is 0 Å². The Kier molecular flexibility index (Phi) is 4.33. The van der Waals surface area contributed by atoms with Crippen molar-refractivity contribution in [2.45, 2.75) is 19.8 Å². The summed E-state index contributed by atoms with van der Waals surface area (Å²) in [5.74, 6) is 0.788. The van der Waals surface area contributed by atoms with Crippen molar-refractivity contribution in [3.8, 4) is 0 Å². The van der Waals surface area contributed by atoms with Crippen LogP contribution in [0.25, 0.3) is 0 Å². The number of hydrogen-bond acceptors (Lipinski definition) is 2. The molecule has 1 fully saturated rings. The van der Waals surface area contributed by atoms with Gasteiger partial charge in [-0.15, -0.1) is 0 Å². The first kappa shape index (κ1) is 9.75. The van der Waals surface area contributed by atoms with Crippen molar-refractivity contribution in [3.63, 3.8) is 0 Å². The normalized spacial score (nSPS) is 25.7. The molecule has 70 valence electrons. The minimum Gasteiger partial charge on any atom is -0.330 e. The Morgan fingerprint density at radius 2 is 2.42 bits per heavy atom. The standard InChI is InChI=1S/C10H20N2/c1-2-12-8-6-10(9-12)5-3-4-7-11/h3,5,10H,2,4,6-9,11H2,1H3/b5-3-. The maximum atomic E-state index is 5.41. The molecule has 0 radical (unpaired) electrons. The van der Waals surface area contributed by atoms with Gasteiger partial charge in [-0.3, -0.25) is 0 Å². The first-order valence-corrected chi connectivity index (χ1v) is 4.96. The fraction of sp³-hybridized carbons (Fsp3) is 0.800. The van der Waals surface area contributed by atoms with Gasteiger partial charge in [-0.2, -0.15) is 0 Å². The summed E-state index contributed by atoms with van der Waals surface area (Å²) in [6, 6.07) is 0. The zero-order valence-corrected chi connectivity index (χ0v) is 8.00. The molecule has 0 aromatic rings. The Morgan fingerprint density at radius 1 is 1.58 bits per heavy atom. The van der Waals surface area contributed by atoms with Gasteiger partial charge in [0.15, 0.2) is 0 Å². The zero-order chi connectivity index (χ0) is 8.81. The van der Waals surface area contributed by atoms with Crippen molar-refractivity contribution in [3.05, 3.63) is 12.2 Å². The van der Waals surface area contributed by atoms with E-state index in [1.165, 1.54) is 26.1 Å². The second-order valence-corrected chi connectivity index (χ2v) is 3.45. The van der Waals surface area contributed by atoms with Gasteiger partial charge in [-0.1, -0.05) is 19.1 Å². The maximum Gasteiger partial charge on any atom is 0.00447 e. The van der Waals surface area contributed by atoms with Crippen LogP contribution in [0.15, 0.2) is 12.2 Å². The third-order valence-electron chi connectivity index (χ3n) is 2.50. The molecule has 2 N–H and O–H groups in total. The molecule has 1 unspecified atom stereocenters. The third kappa shape index (κ3) is 2.95. The Labute approximate surface area is 75.4 Å². The lowest BCUT2D eigenvalue weighted by Crippen LogP contribution is -2.19. The molecule has 1 atom stereocenters. The smallest absolute Gasteiger partial charge is 0.00447 e. The van der Waals surface area contributed by atoms with E-state index in [9.17, 15) is 0 Å².